The van der Waals surface area contributed by atoms with E-state index in [1.54, 1.807) is 24.3 Å². The van der Waals surface area contributed by atoms with E-state index < -0.39 is 97.3 Å². The van der Waals surface area contributed by atoms with Crippen molar-refractivity contribution in [1.82, 2.24) is 0 Å². The maximum absolute atomic E-state index is 14.4. The van der Waals surface area contributed by atoms with Crippen LogP contribution >= 0.6 is 18.6 Å². The molecule has 0 unspecified atom stereocenters. The Kier molecular flexibility index (Phi) is 19.4. The summed E-state index contributed by atoms with van der Waals surface area (Å²) < 4.78 is 123. The van der Waals surface area contributed by atoms with Crippen molar-refractivity contribution in [3.63, 3.8) is 0 Å². The predicted octanol–water partition coefficient (Wildman–Crippen LogP) is 14.6. The number of phenolic OH excluding ortho intramolecular Hbond substituents is 2. The van der Waals surface area contributed by atoms with E-state index in [9.17, 15) is 45.3 Å². The summed E-state index contributed by atoms with van der Waals surface area (Å²) in [6, 6.07) is 28.5. The number of halogens is 10. The summed E-state index contributed by atoms with van der Waals surface area (Å²) in [6.45, 7) is 13.6. The average molecular weight is 1010 g/mol. The van der Waals surface area contributed by atoms with Gasteiger partial charge in [0.2, 0.25) is 23.3 Å². The molecular weight excluding hydrogens is 963 g/mol. The molecule has 6 aromatic rings. The number of rotatable bonds is 14. The van der Waals surface area contributed by atoms with Crippen molar-refractivity contribution in [1.29, 1.82) is 0 Å². The van der Waals surface area contributed by atoms with Crippen LogP contribution in [0, 0.1) is 46.5 Å². The summed E-state index contributed by atoms with van der Waals surface area (Å²) in [5, 5.41) is 21.6. The van der Waals surface area contributed by atoms with E-state index in [4.69, 9.17) is 18.6 Å². The van der Waals surface area contributed by atoms with Crippen molar-refractivity contribution < 1.29 is 71.8 Å². The van der Waals surface area contributed by atoms with Crippen molar-refractivity contribution in [3.05, 3.63) is 202 Å². The minimum atomic E-state index is -1.71. The SMILES string of the molecule is C=CCOc1c(F)c(F)c(N=Cc2cccc(C(C)(C)c3ccccc3)c2O)c(F)c1F.C=CCOc1c(F)c(F)c(N=Cc2cccc(C(C)(C)c3ccccc3)c2O)c(F)c1F.[Cl][Ti][Cl]. The van der Waals surface area contributed by atoms with Gasteiger partial charge in [-0.3, -0.25) is 0 Å². The summed E-state index contributed by atoms with van der Waals surface area (Å²) >= 11 is -0.556. The summed E-state index contributed by atoms with van der Waals surface area (Å²) in [5.74, 6) is -16.4. The van der Waals surface area contributed by atoms with Crippen LogP contribution < -0.4 is 9.47 Å². The molecule has 0 amide bonds. The topological polar surface area (TPSA) is 83.6 Å². The van der Waals surface area contributed by atoms with E-state index in [0.29, 0.717) is 11.1 Å². The van der Waals surface area contributed by atoms with Gasteiger partial charge in [-0.15, -0.1) is 0 Å². The molecule has 6 nitrogen and oxygen atoms in total. The fourth-order valence-electron chi connectivity index (χ4n) is 6.59. The van der Waals surface area contributed by atoms with Crippen molar-refractivity contribution >= 4 is 42.4 Å². The Labute approximate surface area is 399 Å². The third-order valence-corrected chi connectivity index (χ3v) is 10.2. The van der Waals surface area contributed by atoms with Crippen molar-refractivity contribution in [3.8, 4) is 23.0 Å². The molecule has 0 spiro atoms. The molecule has 17 heteroatoms. The number of hydrogen-bond acceptors (Lipinski definition) is 6. The van der Waals surface area contributed by atoms with Gasteiger partial charge in [0.25, 0.3) is 0 Å². The standard InChI is InChI=1S/2C25H21F4NO2.2ClH.Ti/c2*1-4-13-32-24-20(28)18(26)22(19(27)21(24)29)30-14-15-9-8-12-17(23(15)31)25(2,3)16-10-6-5-7-11-16;;;/h2*4-12,14,31H,1,13H2,2-3H3;2*1H;/q;;;;+2/p-2. The third-order valence-electron chi connectivity index (χ3n) is 10.2. The van der Waals surface area contributed by atoms with Crippen LogP contribution in [-0.4, -0.2) is 35.9 Å². The zero-order valence-corrected chi connectivity index (χ0v) is 39.3. The Balaban J connectivity index is 0.000000276. The van der Waals surface area contributed by atoms with Crippen LogP contribution in [0.15, 0.2) is 132 Å². The third kappa shape index (κ3) is 12.4. The van der Waals surface area contributed by atoms with Gasteiger partial charge in [0.05, 0.1) is 0 Å². The van der Waals surface area contributed by atoms with Crippen molar-refractivity contribution in [2.45, 2.75) is 38.5 Å². The van der Waals surface area contributed by atoms with Gasteiger partial charge in [0.1, 0.15) is 36.1 Å². The van der Waals surface area contributed by atoms with Crippen molar-refractivity contribution in [2.75, 3.05) is 13.2 Å². The van der Waals surface area contributed by atoms with E-state index >= 15 is 0 Å². The predicted molar refractivity (Wildman–Crippen MR) is 243 cm³/mol. The second-order valence-electron chi connectivity index (χ2n) is 15.1. The van der Waals surface area contributed by atoms with E-state index in [1.807, 2.05) is 88.4 Å². The molecule has 0 saturated carbocycles. The van der Waals surface area contributed by atoms with Crippen LogP contribution in [-0.2, 0) is 27.9 Å². The van der Waals surface area contributed by atoms with Gasteiger partial charge in [-0.25, -0.2) is 27.5 Å². The molecule has 2 N–H and O–H groups in total. The fraction of sp³-hybridized carbons (Fsp3) is 0.160. The first-order valence-corrected chi connectivity index (χ1v) is 24.1. The Hall–Kier alpha value is -5.93. The molecule has 350 valence electrons. The monoisotopic (exact) mass is 1000 g/mol. The van der Waals surface area contributed by atoms with Gasteiger partial charge in [-0.05, 0) is 23.3 Å². The number of hydrogen-bond donors (Lipinski definition) is 2. The summed E-state index contributed by atoms with van der Waals surface area (Å²) in [5.41, 5.74) is -0.352. The summed E-state index contributed by atoms with van der Waals surface area (Å²) in [4.78, 5) is 7.17. The first kappa shape index (κ1) is 53.7. The van der Waals surface area contributed by atoms with Gasteiger partial charge in [0, 0.05) is 45.5 Å². The molecule has 0 radical (unpaired) electrons. The number of phenols is 2. The molecule has 6 aromatic carbocycles. The van der Waals surface area contributed by atoms with Gasteiger partial charge in [-0.1, -0.05) is 138 Å². The summed E-state index contributed by atoms with van der Waals surface area (Å²) in [6.07, 6.45) is 4.25. The van der Waals surface area contributed by atoms with Gasteiger partial charge >= 0.3 is 35.6 Å². The van der Waals surface area contributed by atoms with Gasteiger partial charge in [-0.2, -0.15) is 17.6 Å². The van der Waals surface area contributed by atoms with Crippen molar-refractivity contribution in [2.24, 2.45) is 9.98 Å². The number of benzene rings is 6. The second kappa shape index (κ2) is 24.2. The average Bonchev–Trinajstić information content (AvgIpc) is 3.32. The second-order valence-corrected chi connectivity index (χ2v) is 17.7. The summed E-state index contributed by atoms with van der Waals surface area (Å²) in [7, 11) is 9.78. The van der Waals surface area contributed by atoms with Crippen LogP contribution in [0.1, 0.15) is 61.1 Å². The Morgan fingerprint density at radius 1 is 0.507 bits per heavy atom. The first-order valence-electron chi connectivity index (χ1n) is 19.8. The Morgan fingerprint density at radius 2 is 0.806 bits per heavy atom. The molecule has 0 aromatic heterocycles. The molecule has 0 aliphatic carbocycles. The van der Waals surface area contributed by atoms with Crippen LogP contribution in [0.2, 0.25) is 0 Å². The van der Waals surface area contributed by atoms with E-state index in [1.165, 1.54) is 24.3 Å². The van der Waals surface area contributed by atoms with Crippen LogP contribution in [0.3, 0.4) is 0 Å². The molecule has 0 saturated heterocycles. The minimum absolute atomic E-state index is 0.123. The number of ether oxygens (including phenoxy) is 2. The molecular formula is C50H42Cl2F8N2O4Ti. The molecule has 0 heterocycles. The zero-order valence-electron chi connectivity index (χ0n) is 36.3. The maximum atomic E-state index is 14.4. The fourth-order valence-corrected chi connectivity index (χ4v) is 6.59. The molecule has 0 aliphatic rings. The number of para-hydroxylation sites is 2. The van der Waals surface area contributed by atoms with E-state index in [-0.39, 0.29) is 35.8 Å². The zero-order chi connectivity index (χ0) is 49.6. The molecule has 0 bridgehead atoms. The first-order chi connectivity index (χ1) is 31.8. The number of nitrogens with zero attached hydrogens (tertiary/aromatic N) is 2. The Morgan fingerprint density at radius 3 is 1.09 bits per heavy atom. The van der Waals surface area contributed by atoms with Crippen LogP contribution in [0.5, 0.6) is 23.0 Å². The number of aliphatic imine (C=N–C) groups is 2. The van der Waals surface area contributed by atoms with Gasteiger partial charge in [0.15, 0.2) is 34.8 Å². The molecule has 0 atom stereocenters. The molecule has 67 heavy (non-hydrogen) atoms. The quantitative estimate of drug-likeness (QED) is 0.0374. The van der Waals surface area contributed by atoms with Crippen LogP contribution in [0.25, 0.3) is 0 Å². The normalized spacial score (nSPS) is 11.4. The van der Waals surface area contributed by atoms with E-state index in [0.717, 1.165) is 23.6 Å². The molecule has 0 fully saturated rings. The molecule has 6 rings (SSSR count). The van der Waals surface area contributed by atoms with Gasteiger partial charge < -0.3 is 19.7 Å². The van der Waals surface area contributed by atoms with Crippen LogP contribution in [0.4, 0.5) is 46.5 Å². The number of aromatic hydroxyl groups is 2. The van der Waals surface area contributed by atoms with E-state index in [2.05, 4.69) is 32.6 Å². The molecule has 0 aliphatic heterocycles. The Bertz CT molecular complexity index is 2520.